The summed E-state index contributed by atoms with van der Waals surface area (Å²) in [5.74, 6) is 0.397. The number of fused-ring (bicyclic) bond motifs is 2. The van der Waals surface area contributed by atoms with Gasteiger partial charge in [-0.1, -0.05) is 12.1 Å². The summed E-state index contributed by atoms with van der Waals surface area (Å²) in [6.07, 6.45) is 1.67. The minimum Gasteiger partial charge on any atom is -0.439 e. The van der Waals surface area contributed by atoms with E-state index in [1.54, 1.807) is 36.5 Å². The van der Waals surface area contributed by atoms with Gasteiger partial charge in [0.15, 0.2) is 11.2 Å². The number of oxazole rings is 1. The first-order chi connectivity index (χ1) is 10.2. The molecule has 0 aliphatic rings. The zero-order valence-corrected chi connectivity index (χ0v) is 10.9. The monoisotopic (exact) mass is 281 g/mol. The van der Waals surface area contributed by atoms with Crippen LogP contribution in [0.4, 0.5) is 5.69 Å². The predicted octanol–water partition coefficient (Wildman–Crippen LogP) is 1.27. The molecular weight excluding hydrogens is 270 g/mol. The number of nitrogens with two attached hydrogens (primary N) is 1. The summed E-state index contributed by atoms with van der Waals surface area (Å²) < 4.78 is 8.39. The number of benzene rings is 1. The maximum atomic E-state index is 12.2. The molecule has 0 unspecified atom stereocenters. The Labute approximate surface area is 118 Å². The molecule has 1 aromatic carbocycles. The quantitative estimate of drug-likeness (QED) is 0.559. The molecule has 0 saturated heterocycles. The van der Waals surface area contributed by atoms with Gasteiger partial charge in [0.25, 0.3) is 0 Å². The maximum Gasteiger partial charge on any atom is 0.350 e. The van der Waals surface area contributed by atoms with E-state index >= 15 is 0 Å². The van der Waals surface area contributed by atoms with E-state index < -0.39 is 0 Å². The van der Waals surface area contributed by atoms with E-state index in [0.717, 1.165) is 0 Å². The lowest BCUT2D eigenvalue weighted by Crippen LogP contribution is -2.21. The van der Waals surface area contributed by atoms with E-state index in [9.17, 15) is 4.79 Å². The molecule has 7 nitrogen and oxygen atoms in total. The number of rotatable bonds is 2. The van der Waals surface area contributed by atoms with E-state index in [1.165, 1.54) is 9.08 Å². The number of nitrogens with zero attached hydrogens (tertiary/aromatic N) is 4. The number of para-hydroxylation sites is 1. The summed E-state index contributed by atoms with van der Waals surface area (Å²) >= 11 is 0. The molecule has 0 bridgehead atoms. The molecule has 0 fully saturated rings. The number of nitrogen functional groups attached to an aromatic ring is 1. The fourth-order valence-electron chi connectivity index (χ4n) is 2.28. The highest BCUT2D eigenvalue weighted by Crippen LogP contribution is 2.21. The Balaban J connectivity index is 1.81. The summed E-state index contributed by atoms with van der Waals surface area (Å²) in [6, 6.07) is 10.7. The van der Waals surface area contributed by atoms with Crippen LogP contribution < -0.4 is 11.4 Å². The van der Waals surface area contributed by atoms with Crippen LogP contribution in [0.25, 0.3) is 16.7 Å². The molecule has 3 heterocycles. The summed E-state index contributed by atoms with van der Waals surface area (Å²) in [5.41, 5.74) is 7.94. The number of hydrogen-bond acceptors (Lipinski definition) is 5. The van der Waals surface area contributed by atoms with E-state index in [4.69, 9.17) is 10.2 Å². The fourth-order valence-corrected chi connectivity index (χ4v) is 2.28. The van der Waals surface area contributed by atoms with Crippen molar-refractivity contribution in [2.45, 2.75) is 6.54 Å². The van der Waals surface area contributed by atoms with Crippen molar-refractivity contribution in [3.8, 4) is 0 Å². The van der Waals surface area contributed by atoms with Crippen molar-refractivity contribution in [2.24, 2.45) is 0 Å². The SMILES string of the molecule is Nc1cccc2oc(Cn3nc4ccccn4c3=O)nc12. The molecule has 0 atom stereocenters. The highest BCUT2D eigenvalue weighted by Gasteiger charge is 2.12. The van der Waals surface area contributed by atoms with Gasteiger partial charge in [-0.15, -0.1) is 5.10 Å². The molecule has 4 rings (SSSR count). The molecular formula is C14H11N5O2. The molecule has 0 spiro atoms. The first-order valence-corrected chi connectivity index (χ1v) is 6.40. The minimum atomic E-state index is -0.235. The Morgan fingerprint density at radius 3 is 2.90 bits per heavy atom. The third kappa shape index (κ3) is 1.78. The molecule has 3 aromatic heterocycles. The number of hydrogen-bond donors (Lipinski definition) is 1. The molecule has 7 heteroatoms. The van der Waals surface area contributed by atoms with Crippen LogP contribution in [0.5, 0.6) is 0 Å². The lowest BCUT2D eigenvalue weighted by atomic mass is 10.3. The number of anilines is 1. The lowest BCUT2D eigenvalue weighted by Gasteiger charge is -1.92. The second-order valence-corrected chi connectivity index (χ2v) is 4.67. The molecule has 21 heavy (non-hydrogen) atoms. The molecule has 0 amide bonds. The molecule has 0 radical (unpaired) electrons. The fraction of sp³-hybridized carbons (Fsp3) is 0.0714. The second kappa shape index (κ2) is 4.20. The topological polar surface area (TPSA) is 91.4 Å². The van der Waals surface area contributed by atoms with Crippen molar-refractivity contribution < 1.29 is 4.42 Å². The molecule has 0 saturated carbocycles. The molecule has 0 aliphatic carbocycles. The summed E-state index contributed by atoms with van der Waals surface area (Å²) in [5, 5.41) is 4.24. The van der Waals surface area contributed by atoms with Gasteiger partial charge in [-0.2, -0.15) is 0 Å². The Hall–Kier alpha value is -3.09. The van der Waals surface area contributed by atoms with Gasteiger partial charge in [0, 0.05) is 6.20 Å². The second-order valence-electron chi connectivity index (χ2n) is 4.67. The van der Waals surface area contributed by atoms with E-state index in [1.807, 2.05) is 6.07 Å². The van der Waals surface area contributed by atoms with Gasteiger partial charge in [0.1, 0.15) is 12.1 Å². The van der Waals surface area contributed by atoms with E-state index in [2.05, 4.69) is 10.1 Å². The smallest absolute Gasteiger partial charge is 0.350 e. The zero-order chi connectivity index (χ0) is 14.4. The van der Waals surface area contributed by atoms with Gasteiger partial charge >= 0.3 is 5.69 Å². The van der Waals surface area contributed by atoms with Crippen LogP contribution in [-0.2, 0) is 6.54 Å². The van der Waals surface area contributed by atoms with Crippen LogP contribution in [0.15, 0.2) is 51.8 Å². The number of aromatic nitrogens is 4. The van der Waals surface area contributed by atoms with Crippen LogP contribution in [0, 0.1) is 0 Å². The maximum absolute atomic E-state index is 12.2. The van der Waals surface area contributed by atoms with Gasteiger partial charge in [-0.25, -0.2) is 14.5 Å². The first-order valence-electron chi connectivity index (χ1n) is 6.40. The van der Waals surface area contributed by atoms with Gasteiger partial charge in [0.05, 0.1) is 5.69 Å². The first kappa shape index (κ1) is 11.7. The summed E-state index contributed by atoms with van der Waals surface area (Å²) in [4.78, 5) is 16.5. The van der Waals surface area contributed by atoms with Crippen molar-refractivity contribution in [2.75, 3.05) is 5.73 Å². The molecule has 2 N–H and O–H groups in total. The average Bonchev–Trinajstić information content (AvgIpc) is 3.03. The van der Waals surface area contributed by atoms with Gasteiger partial charge < -0.3 is 10.2 Å². The Morgan fingerprint density at radius 2 is 2.10 bits per heavy atom. The normalized spacial score (nSPS) is 11.4. The third-order valence-electron chi connectivity index (χ3n) is 3.27. The number of pyridine rings is 1. The van der Waals surface area contributed by atoms with Crippen LogP contribution in [0.1, 0.15) is 5.89 Å². The molecule has 4 aromatic rings. The van der Waals surface area contributed by atoms with Crippen molar-refractivity contribution in [1.29, 1.82) is 0 Å². The van der Waals surface area contributed by atoms with Crippen LogP contribution >= 0.6 is 0 Å². The zero-order valence-electron chi connectivity index (χ0n) is 10.9. The summed E-state index contributed by atoms with van der Waals surface area (Å²) in [7, 11) is 0. The third-order valence-corrected chi connectivity index (χ3v) is 3.27. The van der Waals surface area contributed by atoms with Crippen molar-refractivity contribution in [3.05, 3.63) is 59.0 Å². The Morgan fingerprint density at radius 1 is 1.19 bits per heavy atom. The summed E-state index contributed by atoms with van der Waals surface area (Å²) in [6.45, 7) is 0.161. The van der Waals surface area contributed by atoms with Crippen LogP contribution in [0.2, 0.25) is 0 Å². The van der Waals surface area contributed by atoms with Crippen molar-refractivity contribution >= 4 is 22.4 Å². The molecule has 0 aliphatic heterocycles. The average molecular weight is 281 g/mol. The lowest BCUT2D eigenvalue weighted by molar-refractivity contribution is 0.485. The minimum absolute atomic E-state index is 0.161. The van der Waals surface area contributed by atoms with Gasteiger partial charge in [0.2, 0.25) is 5.89 Å². The standard InChI is InChI=1S/C14H11N5O2/c15-9-4-3-5-10-13(9)16-12(21-10)8-19-14(20)18-7-2-1-6-11(18)17-19/h1-7H,8,15H2. The van der Waals surface area contributed by atoms with Crippen LogP contribution in [-0.4, -0.2) is 19.2 Å². The van der Waals surface area contributed by atoms with Crippen molar-refractivity contribution in [1.82, 2.24) is 19.2 Å². The van der Waals surface area contributed by atoms with E-state index in [-0.39, 0.29) is 12.2 Å². The highest BCUT2D eigenvalue weighted by molar-refractivity contribution is 5.85. The van der Waals surface area contributed by atoms with Gasteiger partial charge in [-0.3, -0.25) is 4.40 Å². The predicted molar refractivity (Wildman–Crippen MR) is 77.0 cm³/mol. The van der Waals surface area contributed by atoms with Crippen LogP contribution in [0.3, 0.4) is 0 Å². The largest absolute Gasteiger partial charge is 0.439 e. The molecule has 104 valence electrons. The Kier molecular flexibility index (Phi) is 2.34. The Bertz CT molecular complexity index is 1010. The van der Waals surface area contributed by atoms with Gasteiger partial charge in [-0.05, 0) is 24.3 Å². The van der Waals surface area contributed by atoms with Crippen molar-refractivity contribution in [3.63, 3.8) is 0 Å². The highest BCUT2D eigenvalue weighted by atomic mass is 16.3. The van der Waals surface area contributed by atoms with E-state index in [0.29, 0.717) is 28.3 Å².